The van der Waals surface area contributed by atoms with Crippen LogP contribution in [0.5, 0.6) is 0 Å². The third-order valence-electron chi connectivity index (χ3n) is 5.02. The molecule has 0 aromatic rings. The maximum atomic E-state index is 11.5. The first-order chi connectivity index (χ1) is 12.8. The van der Waals surface area contributed by atoms with E-state index in [0.717, 1.165) is 0 Å². The number of ether oxygens (including phenoxy) is 6. The second-order valence-corrected chi connectivity index (χ2v) is 6.57. The van der Waals surface area contributed by atoms with Gasteiger partial charge in [0.15, 0.2) is 18.7 Å². The van der Waals surface area contributed by atoms with E-state index in [1.807, 2.05) is 0 Å². The van der Waals surface area contributed by atoms with Crippen LogP contribution < -0.4 is 0 Å². The smallest absolute Gasteiger partial charge is 0.335 e. The quantitative estimate of drug-likeness (QED) is 0.375. The molecule has 0 spiro atoms. The standard InChI is InChI=1S/C16H28O11/c1-6-10(22-2)13(14(20)21)27-16(11(6)23-3)26-12-7(5-17)25-15(24-4)9(19)8(12)18/h6-13,15-19H,5H2,1-4H3,(H,20,21)/t6-,7+,8+,9+,10-,11+,12+,13+,15-,16+/m0/s1. The molecule has 2 saturated heterocycles. The van der Waals surface area contributed by atoms with Crippen molar-refractivity contribution in [1.82, 2.24) is 0 Å². The van der Waals surface area contributed by atoms with Crippen molar-refractivity contribution < 1.29 is 53.6 Å². The number of rotatable bonds is 7. The van der Waals surface area contributed by atoms with Gasteiger partial charge in [0.05, 0.1) is 12.7 Å². The Morgan fingerprint density at radius 3 is 2.04 bits per heavy atom. The number of carboxylic acid groups (broad SMARTS) is 1. The Kier molecular flexibility index (Phi) is 7.92. The topological polar surface area (TPSA) is 153 Å². The number of aliphatic hydroxyl groups excluding tert-OH is 3. The van der Waals surface area contributed by atoms with Crippen LogP contribution in [0.4, 0.5) is 0 Å². The SMILES string of the molecule is CO[C@H]1O[C@H](CO)[C@@H](O[C@@H]2O[C@@H](C(=O)O)[C@@H](OC)[C@H](C)[C@H]2OC)[C@H](O)[C@H]1O. The molecule has 2 rings (SSSR count). The fraction of sp³-hybridized carbons (Fsp3) is 0.938. The van der Waals surface area contributed by atoms with Gasteiger partial charge in [-0.2, -0.15) is 0 Å². The second kappa shape index (κ2) is 9.54. The minimum atomic E-state index is -1.47. The van der Waals surface area contributed by atoms with Crippen LogP contribution in [0.15, 0.2) is 0 Å². The summed E-state index contributed by atoms with van der Waals surface area (Å²) in [6.45, 7) is 1.20. The maximum absolute atomic E-state index is 11.5. The minimum Gasteiger partial charge on any atom is -0.479 e. The van der Waals surface area contributed by atoms with E-state index in [4.69, 9.17) is 28.4 Å². The summed E-state index contributed by atoms with van der Waals surface area (Å²) in [5, 5.41) is 39.5. The molecule has 0 aromatic carbocycles. The Labute approximate surface area is 156 Å². The molecule has 0 saturated carbocycles. The van der Waals surface area contributed by atoms with Gasteiger partial charge in [-0.25, -0.2) is 4.79 Å². The molecule has 2 aliphatic heterocycles. The highest BCUT2D eigenvalue weighted by Gasteiger charge is 2.52. The van der Waals surface area contributed by atoms with Gasteiger partial charge in [-0.1, -0.05) is 6.92 Å². The van der Waals surface area contributed by atoms with Crippen molar-refractivity contribution in [1.29, 1.82) is 0 Å². The van der Waals surface area contributed by atoms with Gasteiger partial charge in [0.2, 0.25) is 0 Å². The van der Waals surface area contributed by atoms with E-state index in [1.54, 1.807) is 6.92 Å². The molecule has 2 fully saturated rings. The summed E-state index contributed by atoms with van der Waals surface area (Å²) in [5.74, 6) is -1.67. The van der Waals surface area contributed by atoms with Crippen molar-refractivity contribution in [2.45, 2.75) is 62.2 Å². The first-order valence-electron chi connectivity index (χ1n) is 8.55. The molecule has 11 nitrogen and oxygen atoms in total. The molecule has 11 heteroatoms. The number of aliphatic carboxylic acids is 1. The van der Waals surface area contributed by atoms with E-state index < -0.39 is 73.8 Å². The van der Waals surface area contributed by atoms with E-state index in [2.05, 4.69) is 0 Å². The summed E-state index contributed by atoms with van der Waals surface area (Å²) in [7, 11) is 4.06. The van der Waals surface area contributed by atoms with E-state index in [0.29, 0.717) is 0 Å². The molecule has 0 amide bonds. The zero-order valence-corrected chi connectivity index (χ0v) is 15.6. The van der Waals surface area contributed by atoms with Gasteiger partial charge in [-0.3, -0.25) is 0 Å². The van der Waals surface area contributed by atoms with E-state index >= 15 is 0 Å². The Morgan fingerprint density at radius 2 is 1.56 bits per heavy atom. The molecule has 27 heavy (non-hydrogen) atoms. The lowest BCUT2D eigenvalue weighted by Crippen LogP contribution is -2.64. The average Bonchev–Trinajstić information content (AvgIpc) is 2.65. The fourth-order valence-electron chi connectivity index (χ4n) is 3.55. The zero-order chi connectivity index (χ0) is 20.3. The first kappa shape index (κ1) is 22.4. The van der Waals surface area contributed by atoms with Crippen molar-refractivity contribution >= 4 is 5.97 Å². The molecule has 2 heterocycles. The highest BCUT2D eigenvalue weighted by atomic mass is 16.7. The summed E-state index contributed by atoms with van der Waals surface area (Å²) < 4.78 is 32.2. The van der Waals surface area contributed by atoms with Crippen molar-refractivity contribution in [3.63, 3.8) is 0 Å². The lowest BCUT2D eigenvalue weighted by atomic mass is 9.90. The Morgan fingerprint density at radius 1 is 0.926 bits per heavy atom. The lowest BCUT2D eigenvalue weighted by molar-refractivity contribution is -0.352. The van der Waals surface area contributed by atoms with Crippen LogP contribution in [0.25, 0.3) is 0 Å². The molecule has 0 aliphatic carbocycles. The number of hydrogen-bond donors (Lipinski definition) is 4. The highest BCUT2D eigenvalue weighted by molar-refractivity contribution is 5.73. The number of methoxy groups -OCH3 is 3. The van der Waals surface area contributed by atoms with Crippen LogP contribution in [0.2, 0.25) is 0 Å². The van der Waals surface area contributed by atoms with Gasteiger partial charge in [0.1, 0.15) is 30.5 Å². The Bertz CT molecular complexity index is 487. The largest absolute Gasteiger partial charge is 0.479 e. The van der Waals surface area contributed by atoms with Crippen LogP contribution >= 0.6 is 0 Å². The summed E-state index contributed by atoms with van der Waals surface area (Å²) in [6.07, 6.45) is -10.3. The number of carbonyl (C=O) groups is 1. The Balaban J connectivity index is 2.23. The van der Waals surface area contributed by atoms with Crippen LogP contribution in [0, 0.1) is 5.92 Å². The van der Waals surface area contributed by atoms with Crippen LogP contribution in [0.1, 0.15) is 6.92 Å². The molecule has 2 aliphatic rings. The van der Waals surface area contributed by atoms with Crippen LogP contribution in [-0.4, -0.2) is 110 Å². The molecule has 0 aromatic heterocycles. The summed E-state index contributed by atoms with van der Waals surface area (Å²) in [5.41, 5.74) is 0. The van der Waals surface area contributed by atoms with Gasteiger partial charge >= 0.3 is 5.97 Å². The monoisotopic (exact) mass is 396 g/mol. The molecular formula is C16H28O11. The summed E-state index contributed by atoms with van der Waals surface area (Å²) in [4.78, 5) is 11.5. The number of carboxylic acids is 1. The van der Waals surface area contributed by atoms with Gasteiger partial charge in [0.25, 0.3) is 0 Å². The average molecular weight is 396 g/mol. The number of hydrogen-bond acceptors (Lipinski definition) is 10. The predicted octanol–water partition coefficient (Wildman–Crippen LogP) is -2.07. The van der Waals surface area contributed by atoms with Crippen molar-refractivity contribution in [3.8, 4) is 0 Å². The van der Waals surface area contributed by atoms with E-state index in [-0.39, 0.29) is 0 Å². The van der Waals surface area contributed by atoms with Gasteiger partial charge < -0.3 is 48.8 Å². The highest BCUT2D eigenvalue weighted by Crippen LogP contribution is 2.33. The molecule has 158 valence electrons. The first-order valence-corrected chi connectivity index (χ1v) is 8.55. The molecule has 0 unspecified atom stereocenters. The van der Waals surface area contributed by atoms with Crippen LogP contribution in [-0.2, 0) is 33.2 Å². The third kappa shape index (κ3) is 4.42. The Hall–Kier alpha value is -0.890. The summed E-state index contributed by atoms with van der Waals surface area (Å²) >= 11 is 0. The summed E-state index contributed by atoms with van der Waals surface area (Å²) in [6, 6.07) is 0. The molecular weight excluding hydrogens is 368 g/mol. The number of aliphatic hydroxyl groups is 3. The van der Waals surface area contributed by atoms with Gasteiger partial charge in [-0.15, -0.1) is 0 Å². The van der Waals surface area contributed by atoms with Crippen LogP contribution in [0.3, 0.4) is 0 Å². The minimum absolute atomic E-state index is 0.425. The molecule has 0 radical (unpaired) electrons. The maximum Gasteiger partial charge on any atom is 0.335 e. The fourth-order valence-corrected chi connectivity index (χ4v) is 3.55. The third-order valence-corrected chi connectivity index (χ3v) is 5.02. The molecule has 4 N–H and O–H groups in total. The molecule has 0 bridgehead atoms. The van der Waals surface area contributed by atoms with Gasteiger partial charge in [0, 0.05) is 27.2 Å². The van der Waals surface area contributed by atoms with Crippen molar-refractivity contribution in [2.24, 2.45) is 5.92 Å². The van der Waals surface area contributed by atoms with E-state index in [1.165, 1.54) is 21.3 Å². The van der Waals surface area contributed by atoms with Gasteiger partial charge in [-0.05, 0) is 0 Å². The van der Waals surface area contributed by atoms with Crippen molar-refractivity contribution in [2.75, 3.05) is 27.9 Å². The second-order valence-electron chi connectivity index (χ2n) is 6.57. The normalized spacial score (nSPS) is 45.6. The van der Waals surface area contributed by atoms with E-state index in [9.17, 15) is 25.2 Å². The van der Waals surface area contributed by atoms with Crippen molar-refractivity contribution in [3.05, 3.63) is 0 Å². The zero-order valence-electron chi connectivity index (χ0n) is 15.6. The predicted molar refractivity (Wildman–Crippen MR) is 86.7 cm³/mol. The molecule has 10 atom stereocenters. The lowest BCUT2D eigenvalue weighted by Gasteiger charge is -2.47.